The number of nitrogens with one attached hydrogen (secondary N) is 1. The number of halogens is 1. The topological polar surface area (TPSA) is 29.9 Å². The van der Waals surface area contributed by atoms with Gasteiger partial charge < -0.3 is 5.32 Å². The average Bonchev–Trinajstić information content (AvgIpc) is 2.75. The number of hydrogen-bond donors (Lipinski definition) is 1. The van der Waals surface area contributed by atoms with E-state index in [2.05, 4.69) is 82.2 Å². The highest BCUT2D eigenvalue weighted by atomic mass is 79.9. The first-order valence-electron chi connectivity index (χ1n) is 7.76. The van der Waals surface area contributed by atoms with Crippen molar-refractivity contribution in [2.45, 2.75) is 57.2 Å². The van der Waals surface area contributed by atoms with E-state index in [0.717, 1.165) is 25.2 Å². The molecule has 3 nitrogen and oxygen atoms in total. The van der Waals surface area contributed by atoms with Crippen LogP contribution in [0.1, 0.15) is 32.2 Å². The Hall–Kier alpha value is 0.350. The van der Waals surface area contributed by atoms with E-state index in [9.17, 15) is 0 Å². The molecule has 0 radical (unpaired) electrons. The van der Waals surface area contributed by atoms with E-state index in [4.69, 9.17) is 0 Å². The molecule has 1 saturated heterocycles. The number of aryl methyl sites for hydroxylation is 2. The van der Waals surface area contributed by atoms with E-state index >= 15 is 0 Å². The summed E-state index contributed by atoms with van der Waals surface area (Å²) in [6.07, 6.45) is 1.05. The van der Waals surface area contributed by atoms with Crippen molar-refractivity contribution in [2.24, 2.45) is 0 Å². The smallest absolute Gasteiger partial charge is 0.0738 e. The van der Waals surface area contributed by atoms with Gasteiger partial charge in [-0.05, 0) is 36.3 Å². The lowest BCUT2D eigenvalue weighted by atomic mass is 10.0. The molecule has 120 valence electrons. The molecule has 0 bridgehead atoms. The second-order valence-corrected chi connectivity index (χ2v) is 9.01. The maximum Gasteiger partial charge on any atom is 0.0738 e. The Bertz CT molecular complexity index is 464. The Morgan fingerprint density at radius 1 is 1.38 bits per heavy atom. The molecular weight excluding hydrogens is 366 g/mol. The summed E-state index contributed by atoms with van der Waals surface area (Å²) in [5.41, 5.74) is 2.44. The van der Waals surface area contributed by atoms with Gasteiger partial charge in [0.05, 0.1) is 15.9 Å². The second kappa shape index (κ2) is 8.27. The van der Waals surface area contributed by atoms with Crippen LogP contribution in [0.25, 0.3) is 0 Å². The van der Waals surface area contributed by atoms with Gasteiger partial charge in [-0.1, -0.05) is 13.8 Å². The molecule has 0 aromatic carbocycles. The highest BCUT2D eigenvalue weighted by molar-refractivity contribution is 9.10. The first kappa shape index (κ1) is 17.7. The van der Waals surface area contributed by atoms with Crippen molar-refractivity contribution < 1.29 is 0 Å². The molecule has 6 heteroatoms. The maximum atomic E-state index is 4.64. The summed E-state index contributed by atoms with van der Waals surface area (Å²) in [5.74, 6) is 2.56. The van der Waals surface area contributed by atoms with Gasteiger partial charge in [-0.15, -0.1) is 0 Å². The Labute approximate surface area is 145 Å². The van der Waals surface area contributed by atoms with E-state index in [-0.39, 0.29) is 0 Å². The maximum absolute atomic E-state index is 4.64. The van der Waals surface area contributed by atoms with Crippen molar-refractivity contribution >= 4 is 39.5 Å². The minimum absolute atomic E-state index is 0.514. The fourth-order valence-corrected chi connectivity index (χ4v) is 6.34. The zero-order chi connectivity index (χ0) is 15.4. The predicted molar refractivity (Wildman–Crippen MR) is 99.7 cm³/mol. The summed E-state index contributed by atoms with van der Waals surface area (Å²) in [6.45, 7) is 10.8. The number of rotatable bonds is 6. The first-order chi connectivity index (χ1) is 10.1. The summed E-state index contributed by atoms with van der Waals surface area (Å²) in [4.78, 5) is 0. The third kappa shape index (κ3) is 4.21. The second-order valence-electron chi connectivity index (χ2n) is 5.44. The third-order valence-electron chi connectivity index (χ3n) is 3.97. The van der Waals surface area contributed by atoms with Crippen LogP contribution in [-0.2, 0) is 13.0 Å². The summed E-state index contributed by atoms with van der Waals surface area (Å²) < 4.78 is 3.34. The largest absolute Gasteiger partial charge is 0.313 e. The van der Waals surface area contributed by atoms with Crippen LogP contribution in [0.2, 0.25) is 0 Å². The number of likely N-dealkylation sites (N-methyl/N-ethyl adjacent to an activating group) is 1. The molecule has 21 heavy (non-hydrogen) atoms. The average molecular weight is 392 g/mol. The van der Waals surface area contributed by atoms with Gasteiger partial charge in [-0.3, -0.25) is 4.68 Å². The van der Waals surface area contributed by atoms with Gasteiger partial charge in [0.15, 0.2) is 0 Å². The molecule has 1 fully saturated rings. The minimum Gasteiger partial charge on any atom is -0.313 e. The van der Waals surface area contributed by atoms with Crippen LogP contribution in [0.15, 0.2) is 4.47 Å². The number of thioether (sulfide) groups is 2. The van der Waals surface area contributed by atoms with E-state index in [1.54, 1.807) is 0 Å². The van der Waals surface area contributed by atoms with Gasteiger partial charge in [0.25, 0.3) is 0 Å². The first-order valence-corrected chi connectivity index (χ1v) is 10.7. The molecule has 0 spiro atoms. The van der Waals surface area contributed by atoms with Gasteiger partial charge in [0, 0.05) is 41.0 Å². The van der Waals surface area contributed by atoms with Crippen molar-refractivity contribution in [1.82, 2.24) is 15.1 Å². The lowest BCUT2D eigenvalue weighted by molar-refractivity contribution is 0.479. The SMILES string of the molecule is CCNC(Cc1c(Br)c(C)nn1CC)C1SCCSC1C. The summed E-state index contributed by atoms with van der Waals surface area (Å²) in [5, 5.41) is 9.75. The quantitative estimate of drug-likeness (QED) is 0.799. The fourth-order valence-electron chi connectivity index (χ4n) is 2.93. The van der Waals surface area contributed by atoms with Crippen LogP contribution < -0.4 is 5.32 Å². The molecule has 2 rings (SSSR count). The molecular formula is C15H26BrN3S2. The van der Waals surface area contributed by atoms with Crippen LogP contribution in [-0.4, -0.2) is 44.4 Å². The Balaban J connectivity index is 2.19. The highest BCUT2D eigenvalue weighted by Gasteiger charge is 2.31. The zero-order valence-corrected chi connectivity index (χ0v) is 16.6. The Kier molecular flexibility index (Phi) is 6.97. The van der Waals surface area contributed by atoms with Crippen molar-refractivity contribution in [1.29, 1.82) is 0 Å². The molecule has 3 atom stereocenters. The van der Waals surface area contributed by atoms with E-state index in [1.807, 2.05) is 0 Å². The normalized spacial score (nSPS) is 24.2. The lowest BCUT2D eigenvalue weighted by Gasteiger charge is -2.35. The number of aromatic nitrogens is 2. The lowest BCUT2D eigenvalue weighted by Crippen LogP contribution is -2.46. The van der Waals surface area contributed by atoms with Crippen LogP contribution in [0.4, 0.5) is 0 Å². The molecule has 3 unspecified atom stereocenters. The molecule has 2 heterocycles. The van der Waals surface area contributed by atoms with Crippen molar-refractivity contribution in [3.05, 3.63) is 15.9 Å². The molecule has 1 aliphatic heterocycles. The van der Waals surface area contributed by atoms with Gasteiger partial charge in [-0.2, -0.15) is 28.6 Å². The van der Waals surface area contributed by atoms with Gasteiger partial charge >= 0.3 is 0 Å². The Morgan fingerprint density at radius 3 is 2.71 bits per heavy atom. The van der Waals surface area contributed by atoms with Gasteiger partial charge in [0.2, 0.25) is 0 Å². The Morgan fingerprint density at radius 2 is 2.10 bits per heavy atom. The van der Waals surface area contributed by atoms with Crippen molar-refractivity contribution in [3.8, 4) is 0 Å². The standard InChI is InChI=1S/C15H26BrN3S2/c1-5-17-12(15-11(4)20-7-8-21-15)9-13-14(16)10(3)18-19(13)6-2/h11-12,15,17H,5-9H2,1-4H3. The van der Waals surface area contributed by atoms with Gasteiger partial charge in [0.1, 0.15) is 0 Å². The van der Waals surface area contributed by atoms with Crippen LogP contribution >= 0.6 is 39.5 Å². The number of nitrogens with zero attached hydrogens (tertiary/aromatic N) is 2. The summed E-state index contributed by atoms with van der Waals surface area (Å²) in [7, 11) is 0. The summed E-state index contributed by atoms with van der Waals surface area (Å²) >= 11 is 7.99. The molecule has 1 aromatic heterocycles. The molecule has 1 N–H and O–H groups in total. The molecule has 0 aliphatic carbocycles. The van der Waals surface area contributed by atoms with Crippen molar-refractivity contribution in [2.75, 3.05) is 18.1 Å². The van der Waals surface area contributed by atoms with Crippen LogP contribution in [0, 0.1) is 6.92 Å². The number of hydrogen-bond acceptors (Lipinski definition) is 4. The van der Waals surface area contributed by atoms with E-state index < -0.39 is 0 Å². The molecule has 0 saturated carbocycles. The van der Waals surface area contributed by atoms with Crippen LogP contribution in [0.5, 0.6) is 0 Å². The van der Waals surface area contributed by atoms with Crippen LogP contribution in [0.3, 0.4) is 0 Å². The molecule has 0 amide bonds. The zero-order valence-electron chi connectivity index (χ0n) is 13.4. The fraction of sp³-hybridized carbons (Fsp3) is 0.800. The predicted octanol–water partition coefficient (Wildman–Crippen LogP) is 3.73. The van der Waals surface area contributed by atoms with Crippen molar-refractivity contribution in [3.63, 3.8) is 0 Å². The van der Waals surface area contributed by atoms with Gasteiger partial charge in [-0.25, -0.2) is 0 Å². The van der Waals surface area contributed by atoms with E-state index in [0.29, 0.717) is 16.5 Å². The minimum atomic E-state index is 0.514. The molecule has 1 aromatic rings. The molecule has 1 aliphatic rings. The summed E-state index contributed by atoms with van der Waals surface area (Å²) in [6, 6.07) is 0.514. The monoisotopic (exact) mass is 391 g/mol. The highest BCUT2D eigenvalue weighted by Crippen LogP contribution is 2.35. The third-order valence-corrected chi connectivity index (χ3v) is 8.25. The van der Waals surface area contributed by atoms with E-state index in [1.165, 1.54) is 21.7 Å².